The van der Waals surface area contributed by atoms with Gasteiger partial charge < -0.3 is 4.74 Å². The van der Waals surface area contributed by atoms with Crippen LogP contribution in [-0.2, 0) is 9.53 Å². The van der Waals surface area contributed by atoms with Crippen LogP contribution in [0.4, 0.5) is 13.2 Å². The van der Waals surface area contributed by atoms with Crippen molar-refractivity contribution in [1.29, 1.82) is 0 Å². The zero-order valence-electron chi connectivity index (χ0n) is 9.33. The van der Waals surface area contributed by atoms with E-state index in [1.807, 2.05) is 0 Å². The van der Waals surface area contributed by atoms with E-state index in [1.54, 1.807) is 0 Å². The fourth-order valence-electron chi connectivity index (χ4n) is 1.03. The van der Waals surface area contributed by atoms with Gasteiger partial charge >= 0.3 is 11.9 Å². The van der Waals surface area contributed by atoms with E-state index in [4.69, 9.17) is 11.6 Å². The Labute approximate surface area is 111 Å². The Bertz CT molecular complexity index is 411. The van der Waals surface area contributed by atoms with E-state index < -0.39 is 17.4 Å². The van der Waals surface area contributed by atoms with Crippen molar-refractivity contribution >= 4 is 29.3 Å². The summed E-state index contributed by atoms with van der Waals surface area (Å²) in [5.41, 5.74) is -2.71. The van der Waals surface area contributed by atoms with Crippen LogP contribution in [0.3, 0.4) is 0 Å². The van der Waals surface area contributed by atoms with Gasteiger partial charge in [-0.05, 0) is 31.2 Å². The molecule has 0 heterocycles. The van der Waals surface area contributed by atoms with Gasteiger partial charge in [-0.25, -0.2) is 9.18 Å². The standard InChI is InChI=1S/C11H10ClF3O2S/c1-2-17-10(16)11(14,15)9(13)18-8-5-3-7(12)4-6-8/h3-6,9H,2H2,1H3. The maximum absolute atomic E-state index is 13.4. The molecule has 7 heteroatoms. The number of ether oxygens (including phenoxy) is 1. The summed E-state index contributed by atoms with van der Waals surface area (Å²) >= 11 is 5.84. The second-order valence-corrected chi connectivity index (χ2v) is 4.79. The zero-order chi connectivity index (χ0) is 13.8. The smallest absolute Gasteiger partial charge is 0.382 e. The molecule has 0 aliphatic heterocycles. The molecule has 0 aromatic heterocycles. The summed E-state index contributed by atoms with van der Waals surface area (Å²) in [5, 5.41) is 0.409. The number of hydrogen-bond donors (Lipinski definition) is 0. The van der Waals surface area contributed by atoms with Gasteiger partial charge in [-0.2, -0.15) is 8.78 Å². The first-order valence-corrected chi connectivity index (χ1v) is 6.25. The normalized spacial score (nSPS) is 13.2. The van der Waals surface area contributed by atoms with E-state index in [9.17, 15) is 18.0 Å². The summed E-state index contributed by atoms with van der Waals surface area (Å²) in [6, 6.07) is 5.67. The van der Waals surface area contributed by atoms with Crippen molar-refractivity contribution in [2.45, 2.75) is 23.2 Å². The van der Waals surface area contributed by atoms with Crippen LogP contribution in [0.1, 0.15) is 6.92 Å². The summed E-state index contributed by atoms with van der Waals surface area (Å²) < 4.78 is 44.1. The largest absolute Gasteiger partial charge is 0.461 e. The third kappa shape index (κ3) is 3.81. The van der Waals surface area contributed by atoms with E-state index in [-0.39, 0.29) is 23.3 Å². The van der Waals surface area contributed by atoms with Crippen molar-refractivity contribution in [3.8, 4) is 0 Å². The molecule has 1 aromatic carbocycles. The molecule has 18 heavy (non-hydrogen) atoms. The number of alkyl halides is 3. The molecule has 1 aromatic rings. The zero-order valence-corrected chi connectivity index (χ0v) is 10.9. The number of carbonyl (C=O) groups is 1. The van der Waals surface area contributed by atoms with E-state index in [1.165, 1.54) is 31.2 Å². The van der Waals surface area contributed by atoms with Crippen LogP contribution >= 0.6 is 23.4 Å². The average molecular weight is 299 g/mol. The molecule has 0 aliphatic rings. The van der Waals surface area contributed by atoms with Crippen molar-refractivity contribution in [2.75, 3.05) is 6.61 Å². The van der Waals surface area contributed by atoms with Gasteiger partial charge in [-0.3, -0.25) is 0 Å². The lowest BCUT2D eigenvalue weighted by atomic mass is 10.4. The van der Waals surface area contributed by atoms with Crippen LogP contribution in [0.5, 0.6) is 0 Å². The molecule has 0 bridgehead atoms. The van der Waals surface area contributed by atoms with E-state index >= 15 is 0 Å². The van der Waals surface area contributed by atoms with Gasteiger partial charge in [0.25, 0.3) is 0 Å². The summed E-state index contributed by atoms with van der Waals surface area (Å²) in [7, 11) is 0. The monoisotopic (exact) mass is 298 g/mol. The van der Waals surface area contributed by atoms with Gasteiger partial charge in [0.2, 0.25) is 5.50 Å². The molecule has 0 amide bonds. The number of hydrogen-bond acceptors (Lipinski definition) is 3. The molecule has 0 saturated heterocycles. The molecule has 1 atom stereocenters. The number of benzene rings is 1. The number of rotatable bonds is 5. The van der Waals surface area contributed by atoms with Crippen molar-refractivity contribution in [3.05, 3.63) is 29.3 Å². The van der Waals surface area contributed by atoms with Crippen molar-refractivity contribution in [2.24, 2.45) is 0 Å². The molecule has 1 rings (SSSR count). The van der Waals surface area contributed by atoms with Crippen molar-refractivity contribution < 1.29 is 22.7 Å². The van der Waals surface area contributed by atoms with Gasteiger partial charge in [-0.1, -0.05) is 23.4 Å². The predicted molar refractivity (Wildman–Crippen MR) is 63.8 cm³/mol. The third-order valence-corrected chi connectivity index (χ3v) is 3.19. The Morgan fingerprint density at radius 2 is 2.00 bits per heavy atom. The molecule has 0 N–H and O–H groups in total. The Hall–Kier alpha value is -0.880. The second-order valence-electron chi connectivity index (χ2n) is 3.23. The third-order valence-electron chi connectivity index (χ3n) is 1.89. The highest BCUT2D eigenvalue weighted by Gasteiger charge is 2.50. The Morgan fingerprint density at radius 1 is 1.44 bits per heavy atom. The van der Waals surface area contributed by atoms with Gasteiger partial charge in [0, 0.05) is 9.92 Å². The molecule has 0 fully saturated rings. The molecule has 0 spiro atoms. The summed E-state index contributed by atoms with van der Waals surface area (Å²) in [5.74, 6) is -6.04. The van der Waals surface area contributed by atoms with Gasteiger partial charge in [-0.15, -0.1) is 0 Å². The quantitative estimate of drug-likeness (QED) is 0.609. The maximum Gasteiger partial charge on any atom is 0.382 e. The maximum atomic E-state index is 13.4. The number of carbonyl (C=O) groups excluding carboxylic acids is 1. The molecule has 0 radical (unpaired) electrons. The molecule has 1 unspecified atom stereocenters. The summed E-state index contributed by atoms with van der Waals surface area (Å²) in [6.07, 6.45) is 0. The highest BCUT2D eigenvalue weighted by molar-refractivity contribution is 7.99. The molecule has 0 aliphatic carbocycles. The molecule has 100 valence electrons. The minimum atomic E-state index is -4.18. The fourth-order valence-corrected chi connectivity index (χ4v) is 1.93. The summed E-state index contributed by atoms with van der Waals surface area (Å²) in [4.78, 5) is 11.2. The van der Waals surface area contributed by atoms with Gasteiger partial charge in [0.05, 0.1) is 6.61 Å². The minimum Gasteiger partial charge on any atom is -0.461 e. The second kappa shape index (κ2) is 6.33. The van der Waals surface area contributed by atoms with Crippen LogP contribution in [0.2, 0.25) is 5.02 Å². The van der Waals surface area contributed by atoms with Crippen molar-refractivity contribution in [1.82, 2.24) is 0 Å². The SMILES string of the molecule is CCOC(=O)C(F)(F)C(F)Sc1ccc(Cl)cc1. The Kier molecular flexibility index (Phi) is 5.34. The summed E-state index contributed by atoms with van der Waals surface area (Å²) in [6.45, 7) is 1.14. The molecule has 2 nitrogen and oxygen atoms in total. The van der Waals surface area contributed by atoms with E-state index in [0.29, 0.717) is 5.02 Å². The lowest BCUT2D eigenvalue weighted by Gasteiger charge is -2.18. The minimum absolute atomic E-state index is 0.229. The first-order valence-electron chi connectivity index (χ1n) is 4.99. The number of thioether (sulfide) groups is 1. The Morgan fingerprint density at radius 3 is 2.50 bits per heavy atom. The highest BCUT2D eigenvalue weighted by Crippen LogP contribution is 2.36. The molecular formula is C11H10ClF3O2S. The Balaban J connectivity index is 2.72. The average Bonchev–Trinajstić information content (AvgIpc) is 2.32. The lowest BCUT2D eigenvalue weighted by Crippen LogP contribution is -2.38. The first kappa shape index (κ1) is 15.2. The van der Waals surface area contributed by atoms with E-state index in [0.717, 1.165) is 0 Å². The first-order chi connectivity index (χ1) is 8.37. The topological polar surface area (TPSA) is 26.3 Å². The lowest BCUT2D eigenvalue weighted by molar-refractivity contribution is -0.175. The van der Waals surface area contributed by atoms with Gasteiger partial charge in [0.1, 0.15) is 0 Å². The van der Waals surface area contributed by atoms with Gasteiger partial charge in [0.15, 0.2) is 0 Å². The van der Waals surface area contributed by atoms with Crippen molar-refractivity contribution in [3.63, 3.8) is 0 Å². The number of esters is 1. The highest BCUT2D eigenvalue weighted by atomic mass is 35.5. The molecular weight excluding hydrogens is 289 g/mol. The number of halogens is 4. The molecule has 0 saturated carbocycles. The predicted octanol–water partition coefficient (Wildman–Crippen LogP) is 3.93. The fraction of sp³-hybridized carbons (Fsp3) is 0.364. The van der Waals surface area contributed by atoms with Crippen LogP contribution in [0.15, 0.2) is 29.2 Å². The van der Waals surface area contributed by atoms with Crippen LogP contribution in [0.25, 0.3) is 0 Å². The van der Waals surface area contributed by atoms with Crippen LogP contribution < -0.4 is 0 Å². The van der Waals surface area contributed by atoms with E-state index in [2.05, 4.69) is 4.74 Å². The van der Waals surface area contributed by atoms with Crippen LogP contribution in [-0.4, -0.2) is 24.0 Å². The van der Waals surface area contributed by atoms with Crippen LogP contribution in [0, 0.1) is 0 Å².